The third-order valence-corrected chi connectivity index (χ3v) is 8.64. The van der Waals surface area contributed by atoms with Crippen LogP contribution in [-0.2, 0) is 9.71 Å². The molecule has 0 radical (unpaired) electrons. The average molecular weight is 493 g/mol. The highest BCUT2D eigenvalue weighted by atomic mass is 32.2. The zero-order valence-electron chi connectivity index (χ0n) is 19.9. The largest absolute Gasteiger partial charge is 0.392 e. The van der Waals surface area contributed by atoms with Crippen molar-refractivity contribution in [3.8, 4) is 0 Å². The van der Waals surface area contributed by atoms with Gasteiger partial charge in [-0.2, -0.15) is 4.98 Å². The fraction of sp³-hybridized carbons (Fsp3) is 0.280. The Kier molecular flexibility index (Phi) is 5.74. The summed E-state index contributed by atoms with van der Waals surface area (Å²) in [4.78, 5) is 26.3. The summed E-state index contributed by atoms with van der Waals surface area (Å²) in [6.45, 7) is 2.83. The summed E-state index contributed by atoms with van der Waals surface area (Å²) in [5.74, 6) is 4.77. The third-order valence-electron chi connectivity index (χ3n) is 6.48. The molecule has 9 nitrogen and oxygen atoms in total. The predicted molar refractivity (Wildman–Crippen MR) is 139 cm³/mol. The Balaban J connectivity index is 1.47. The zero-order chi connectivity index (χ0) is 24.9. The third kappa shape index (κ3) is 4.13. The Morgan fingerprint density at radius 2 is 1.94 bits per heavy atom. The van der Waals surface area contributed by atoms with E-state index < -0.39 is 15.8 Å². The van der Waals surface area contributed by atoms with Gasteiger partial charge in [-0.3, -0.25) is 4.79 Å². The minimum Gasteiger partial charge on any atom is -0.392 e. The molecule has 2 aliphatic rings. The van der Waals surface area contributed by atoms with Gasteiger partial charge in [-0.25, -0.2) is 13.5 Å². The van der Waals surface area contributed by atoms with Crippen LogP contribution in [0.1, 0.15) is 22.3 Å². The quantitative estimate of drug-likeness (QED) is 0.540. The predicted octanol–water partition coefficient (Wildman–Crippen LogP) is 2.94. The Bertz CT molecular complexity index is 1420. The standard InChI is InChI=1S/C25H28N6O3S/c1-16-8-9-21-20(12-16)24(33)30(3)22-14-26-25(28-23(22)29(21)2)27-17-6-5-7-19(13-17)35(4,34)31-11-10-18(32)15-31/h5-9,12-14,18,32H,4,10-11,15H2,1-3H3,(H,26,27,28)/t18-,35?/m0/s1. The molecule has 5 rings (SSSR count). The van der Waals surface area contributed by atoms with Crippen LogP contribution in [0.15, 0.2) is 53.6 Å². The molecule has 1 aromatic heterocycles. The van der Waals surface area contributed by atoms with Gasteiger partial charge in [-0.05, 0) is 49.5 Å². The molecule has 0 aliphatic carbocycles. The molecule has 2 aromatic carbocycles. The van der Waals surface area contributed by atoms with E-state index >= 15 is 0 Å². The minimum absolute atomic E-state index is 0.122. The Labute approximate surface area is 205 Å². The van der Waals surface area contributed by atoms with Crippen LogP contribution in [0, 0.1) is 6.92 Å². The van der Waals surface area contributed by atoms with Crippen molar-refractivity contribution in [2.45, 2.75) is 24.3 Å². The van der Waals surface area contributed by atoms with Crippen molar-refractivity contribution in [2.75, 3.05) is 42.3 Å². The maximum atomic E-state index is 13.4. The second-order valence-corrected chi connectivity index (χ2v) is 11.2. The van der Waals surface area contributed by atoms with E-state index in [9.17, 15) is 14.1 Å². The molecule has 1 saturated heterocycles. The maximum absolute atomic E-state index is 13.4. The monoisotopic (exact) mass is 492 g/mol. The van der Waals surface area contributed by atoms with Gasteiger partial charge in [0.2, 0.25) is 5.95 Å². The number of amides is 1. The second kappa shape index (κ2) is 8.63. The number of fused-ring (bicyclic) bond motifs is 2. The highest BCUT2D eigenvalue weighted by molar-refractivity contribution is 7.98. The van der Waals surface area contributed by atoms with Gasteiger partial charge < -0.3 is 20.2 Å². The SMILES string of the molecule is C=S(=O)(c1cccc(Nc2ncc3c(n2)N(C)c2ccc(C)cc2C(=O)N3C)c1)N1CC[C@H](O)C1. The molecular weight excluding hydrogens is 464 g/mol. The number of benzene rings is 2. The molecule has 2 aliphatic heterocycles. The lowest BCUT2D eigenvalue weighted by Gasteiger charge is -2.22. The molecule has 182 valence electrons. The van der Waals surface area contributed by atoms with Gasteiger partial charge in [0, 0.05) is 37.8 Å². The smallest absolute Gasteiger partial charge is 0.260 e. The maximum Gasteiger partial charge on any atom is 0.260 e. The normalized spacial score (nSPS) is 19.7. The van der Waals surface area contributed by atoms with E-state index in [4.69, 9.17) is 4.98 Å². The molecule has 35 heavy (non-hydrogen) atoms. The number of aromatic nitrogens is 2. The number of nitrogens with zero attached hydrogens (tertiary/aromatic N) is 5. The van der Waals surface area contributed by atoms with Gasteiger partial charge >= 0.3 is 0 Å². The number of rotatable bonds is 4. The van der Waals surface area contributed by atoms with Crippen LogP contribution in [-0.4, -0.2) is 68.7 Å². The average Bonchev–Trinajstić information content (AvgIpc) is 3.27. The summed E-state index contributed by atoms with van der Waals surface area (Å²) in [5, 5.41) is 13.0. The lowest BCUT2D eigenvalue weighted by atomic mass is 10.1. The highest BCUT2D eigenvalue weighted by Gasteiger charge is 2.30. The first-order valence-corrected chi connectivity index (χ1v) is 13.0. The first-order valence-electron chi connectivity index (χ1n) is 11.3. The Morgan fingerprint density at radius 1 is 1.14 bits per heavy atom. The number of β-amino-alcohol motifs (C(OH)–C–C–N with tert-alkyl or cyclic N) is 1. The number of anilines is 5. The Morgan fingerprint density at radius 3 is 2.69 bits per heavy atom. The summed E-state index contributed by atoms with van der Waals surface area (Å²) in [7, 11) is 0.864. The number of nitrogens with one attached hydrogen (secondary N) is 1. The molecule has 10 heteroatoms. The van der Waals surface area contributed by atoms with Crippen molar-refractivity contribution < 1.29 is 14.1 Å². The molecular formula is C25H28N6O3S. The molecule has 1 unspecified atom stereocenters. The van der Waals surface area contributed by atoms with Crippen molar-refractivity contribution in [3.63, 3.8) is 0 Å². The molecule has 0 spiro atoms. The lowest BCUT2D eigenvalue weighted by molar-refractivity contribution is 0.0994. The molecule has 1 fully saturated rings. The number of carbonyl (C=O) groups is 1. The van der Waals surface area contributed by atoms with Crippen LogP contribution in [0.2, 0.25) is 0 Å². The topological polar surface area (TPSA) is 102 Å². The van der Waals surface area contributed by atoms with Gasteiger partial charge in [0.25, 0.3) is 5.91 Å². The van der Waals surface area contributed by atoms with Crippen molar-refractivity contribution in [3.05, 3.63) is 59.8 Å². The molecule has 0 saturated carbocycles. The van der Waals surface area contributed by atoms with Gasteiger partial charge in [0.15, 0.2) is 5.82 Å². The van der Waals surface area contributed by atoms with E-state index in [-0.39, 0.29) is 5.91 Å². The second-order valence-electron chi connectivity index (χ2n) is 8.97. The van der Waals surface area contributed by atoms with Crippen LogP contribution >= 0.6 is 0 Å². The summed E-state index contributed by atoms with van der Waals surface area (Å²) in [5.41, 5.74) is 3.63. The van der Waals surface area contributed by atoms with Crippen LogP contribution in [0.3, 0.4) is 0 Å². The van der Waals surface area contributed by atoms with E-state index in [0.29, 0.717) is 53.1 Å². The van der Waals surface area contributed by atoms with E-state index in [2.05, 4.69) is 16.2 Å². The summed E-state index contributed by atoms with van der Waals surface area (Å²) in [6, 6.07) is 13.0. The molecule has 2 atom stereocenters. The van der Waals surface area contributed by atoms with E-state index in [1.807, 2.05) is 43.1 Å². The van der Waals surface area contributed by atoms with E-state index in [1.54, 1.807) is 40.6 Å². The van der Waals surface area contributed by atoms with Gasteiger partial charge in [0.05, 0.1) is 33.3 Å². The van der Waals surface area contributed by atoms with Gasteiger partial charge in [0.1, 0.15) is 5.69 Å². The van der Waals surface area contributed by atoms with Crippen LogP contribution in [0.4, 0.5) is 28.8 Å². The fourth-order valence-corrected chi connectivity index (χ4v) is 6.17. The number of carbonyl (C=O) groups excluding carboxylic acids is 1. The first kappa shape index (κ1) is 23.3. The number of aliphatic hydroxyl groups excluding tert-OH is 1. The summed E-state index contributed by atoms with van der Waals surface area (Å²) < 4.78 is 15.2. The van der Waals surface area contributed by atoms with Crippen molar-refractivity contribution in [1.82, 2.24) is 14.3 Å². The number of hydrogen-bond donors (Lipinski definition) is 2. The summed E-state index contributed by atoms with van der Waals surface area (Å²) >= 11 is 0. The minimum atomic E-state index is -2.72. The van der Waals surface area contributed by atoms with Crippen LogP contribution < -0.4 is 15.1 Å². The number of aliphatic hydroxyl groups is 1. The summed E-state index contributed by atoms with van der Waals surface area (Å²) in [6.07, 6.45) is 1.72. The van der Waals surface area contributed by atoms with Crippen molar-refractivity contribution in [1.29, 1.82) is 0 Å². The molecule has 0 bridgehead atoms. The lowest BCUT2D eigenvalue weighted by Crippen LogP contribution is -2.29. The molecule has 3 heterocycles. The van der Waals surface area contributed by atoms with Crippen molar-refractivity contribution in [2.24, 2.45) is 0 Å². The van der Waals surface area contributed by atoms with Crippen LogP contribution in [0.5, 0.6) is 0 Å². The number of aryl methyl sites for hydroxylation is 1. The van der Waals surface area contributed by atoms with Gasteiger partial charge in [-0.1, -0.05) is 17.7 Å². The van der Waals surface area contributed by atoms with Crippen LogP contribution in [0.25, 0.3) is 0 Å². The zero-order valence-corrected chi connectivity index (χ0v) is 20.7. The van der Waals surface area contributed by atoms with E-state index in [1.165, 1.54) is 0 Å². The van der Waals surface area contributed by atoms with Gasteiger partial charge in [-0.15, -0.1) is 0 Å². The fourth-order valence-electron chi connectivity index (χ4n) is 4.46. The number of hydrogen-bond acceptors (Lipinski definition) is 7. The highest BCUT2D eigenvalue weighted by Crippen LogP contribution is 2.38. The molecule has 3 aromatic rings. The first-order chi connectivity index (χ1) is 16.6. The van der Waals surface area contributed by atoms with E-state index in [0.717, 1.165) is 11.3 Å². The molecule has 1 amide bonds. The molecule has 2 N–H and O–H groups in total. The Hall–Kier alpha value is -3.47. The van der Waals surface area contributed by atoms with Crippen molar-refractivity contribution >= 4 is 50.3 Å².